The summed E-state index contributed by atoms with van der Waals surface area (Å²) in [5, 5.41) is 3.22. The van der Waals surface area contributed by atoms with Crippen molar-refractivity contribution in [2.24, 2.45) is 0 Å². The first-order valence-electron chi connectivity index (χ1n) is 7.06. The van der Waals surface area contributed by atoms with E-state index >= 15 is 0 Å². The molecule has 0 saturated carbocycles. The molecule has 5 heteroatoms. The maximum atomic E-state index is 6.01. The second kappa shape index (κ2) is 6.54. The number of aryl methyl sites for hydroxylation is 2. The minimum absolute atomic E-state index is 0.535. The van der Waals surface area contributed by atoms with Crippen LogP contribution >= 0.6 is 0 Å². The van der Waals surface area contributed by atoms with Crippen LogP contribution in [0.4, 0.5) is 17.5 Å². The van der Waals surface area contributed by atoms with E-state index in [4.69, 9.17) is 5.73 Å². The molecule has 21 heavy (non-hydrogen) atoms. The minimum Gasteiger partial charge on any atom is -0.383 e. The molecule has 0 saturated heterocycles. The second-order valence-corrected chi connectivity index (χ2v) is 5.60. The van der Waals surface area contributed by atoms with Crippen LogP contribution in [0.1, 0.15) is 16.7 Å². The number of benzene rings is 1. The lowest BCUT2D eigenvalue weighted by atomic mass is 10.1. The van der Waals surface area contributed by atoms with Gasteiger partial charge in [-0.2, -0.15) is 4.98 Å². The summed E-state index contributed by atoms with van der Waals surface area (Å²) in [6.07, 6.45) is 2.65. The molecule has 0 amide bonds. The van der Waals surface area contributed by atoms with Gasteiger partial charge in [0.25, 0.3) is 0 Å². The molecule has 0 unspecified atom stereocenters. The fraction of sp³-hybridized carbons (Fsp3) is 0.375. The number of nitrogen functional groups attached to an aromatic ring is 1. The highest BCUT2D eigenvalue weighted by atomic mass is 15.1. The Morgan fingerprint density at radius 2 is 2.00 bits per heavy atom. The zero-order valence-electron chi connectivity index (χ0n) is 13.1. The molecule has 0 aliphatic carbocycles. The van der Waals surface area contributed by atoms with Gasteiger partial charge in [0, 0.05) is 24.0 Å². The normalized spacial score (nSPS) is 10.9. The van der Waals surface area contributed by atoms with Crippen molar-refractivity contribution < 1.29 is 0 Å². The van der Waals surface area contributed by atoms with Crippen LogP contribution in [-0.2, 0) is 6.42 Å². The van der Waals surface area contributed by atoms with Crippen molar-refractivity contribution in [3.05, 3.63) is 41.1 Å². The molecule has 1 aromatic carbocycles. The number of aromatic nitrogens is 2. The molecular formula is C16H23N5. The minimum atomic E-state index is 0.535. The molecule has 5 nitrogen and oxygen atoms in total. The van der Waals surface area contributed by atoms with Gasteiger partial charge in [-0.15, -0.1) is 0 Å². The molecule has 2 rings (SSSR count). The van der Waals surface area contributed by atoms with Crippen molar-refractivity contribution >= 4 is 17.5 Å². The van der Waals surface area contributed by atoms with Gasteiger partial charge in [-0.05, 0) is 46.0 Å². The van der Waals surface area contributed by atoms with E-state index in [1.165, 1.54) is 5.56 Å². The number of likely N-dealkylation sites (N-methyl/N-ethyl adjacent to an activating group) is 1. The maximum absolute atomic E-state index is 6.01. The summed E-state index contributed by atoms with van der Waals surface area (Å²) in [4.78, 5) is 10.8. The van der Waals surface area contributed by atoms with E-state index in [0.29, 0.717) is 11.8 Å². The van der Waals surface area contributed by atoms with Gasteiger partial charge in [0.15, 0.2) is 0 Å². The Labute approximate surface area is 126 Å². The first-order chi connectivity index (χ1) is 9.95. The Morgan fingerprint density at radius 3 is 2.62 bits per heavy atom. The first-order valence-corrected chi connectivity index (χ1v) is 7.06. The third-order valence-corrected chi connectivity index (χ3v) is 3.35. The van der Waals surface area contributed by atoms with E-state index in [2.05, 4.69) is 46.2 Å². The molecule has 1 heterocycles. The van der Waals surface area contributed by atoms with Crippen molar-refractivity contribution in [3.8, 4) is 0 Å². The van der Waals surface area contributed by atoms with Crippen LogP contribution in [0.15, 0.2) is 24.4 Å². The van der Waals surface area contributed by atoms with Crippen LogP contribution in [0.25, 0.3) is 0 Å². The highest BCUT2D eigenvalue weighted by molar-refractivity contribution is 5.60. The van der Waals surface area contributed by atoms with Crippen molar-refractivity contribution in [3.63, 3.8) is 0 Å². The number of anilines is 3. The van der Waals surface area contributed by atoms with Crippen LogP contribution in [0.2, 0.25) is 0 Å². The van der Waals surface area contributed by atoms with E-state index in [1.54, 1.807) is 6.20 Å². The van der Waals surface area contributed by atoms with Crippen LogP contribution < -0.4 is 11.1 Å². The largest absolute Gasteiger partial charge is 0.383 e. The first kappa shape index (κ1) is 15.3. The molecular weight excluding hydrogens is 262 g/mol. The Kier molecular flexibility index (Phi) is 4.75. The van der Waals surface area contributed by atoms with Crippen molar-refractivity contribution in [1.29, 1.82) is 0 Å². The number of nitrogens with one attached hydrogen (secondary N) is 1. The maximum Gasteiger partial charge on any atom is 0.229 e. The molecule has 0 radical (unpaired) electrons. The SMILES string of the molecule is Cc1ccc(Nc2ncc(CCN(C)C)c(N)n2)c(C)c1. The monoisotopic (exact) mass is 285 g/mol. The van der Waals surface area contributed by atoms with E-state index in [1.807, 2.05) is 20.2 Å². The van der Waals surface area contributed by atoms with Gasteiger partial charge in [0.2, 0.25) is 5.95 Å². The zero-order valence-corrected chi connectivity index (χ0v) is 13.1. The third kappa shape index (κ3) is 4.16. The number of hydrogen-bond acceptors (Lipinski definition) is 5. The van der Waals surface area contributed by atoms with E-state index in [0.717, 1.165) is 29.8 Å². The van der Waals surface area contributed by atoms with Crippen LogP contribution in [-0.4, -0.2) is 35.5 Å². The molecule has 0 fully saturated rings. The Hall–Kier alpha value is -2.14. The Bertz CT molecular complexity index is 622. The van der Waals surface area contributed by atoms with Crippen molar-refractivity contribution in [2.75, 3.05) is 31.7 Å². The van der Waals surface area contributed by atoms with Crippen LogP contribution in [0.5, 0.6) is 0 Å². The third-order valence-electron chi connectivity index (χ3n) is 3.35. The standard InChI is InChI=1S/C16H23N5/c1-11-5-6-14(12(2)9-11)19-16-18-10-13(15(17)20-16)7-8-21(3)4/h5-6,9-10H,7-8H2,1-4H3,(H3,17,18,19,20). The fourth-order valence-electron chi connectivity index (χ4n) is 2.09. The van der Waals surface area contributed by atoms with Gasteiger partial charge in [-0.3, -0.25) is 0 Å². The molecule has 0 aliphatic heterocycles. The summed E-state index contributed by atoms with van der Waals surface area (Å²) in [6.45, 7) is 5.06. The molecule has 0 bridgehead atoms. The molecule has 3 N–H and O–H groups in total. The predicted molar refractivity (Wildman–Crippen MR) is 87.9 cm³/mol. The summed E-state index contributed by atoms with van der Waals surface area (Å²) in [5.74, 6) is 1.08. The fourth-order valence-corrected chi connectivity index (χ4v) is 2.09. The van der Waals surface area contributed by atoms with E-state index in [-0.39, 0.29) is 0 Å². The summed E-state index contributed by atoms with van der Waals surface area (Å²) in [5.41, 5.74) is 10.4. The quantitative estimate of drug-likeness (QED) is 0.883. The van der Waals surface area contributed by atoms with Gasteiger partial charge in [0.05, 0.1) is 0 Å². The van der Waals surface area contributed by atoms with Gasteiger partial charge in [-0.25, -0.2) is 4.98 Å². The summed E-state index contributed by atoms with van der Waals surface area (Å²) in [6, 6.07) is 6.21. The highest BCUT2D eigenvalue weighted by Crippen LogP contribution is 2.20. The van der Waals surface area contributed by atoms with Crippen LogP contribution in [0.3, 0.4) is 0 Å². The number of rotatable bonds is 5. The molecule has 0 spiro atoms. The van der Waals surface area contributed by atoms with Crippen LogP contribution in [0, 0.1) is 13.8 Å². The number of hydrogen-bond donors (Lipinski definition) is 2. The summed E-state index contributed by atoms with van der Waals surface area (Å²) in [7, 11) is 4.07. The van der Waals surface area contributed by atoms with Gasteiger partial charge in [-0.1, -0.05) is 17.7 Å². The molecule has 112 valence electrons. The second-order valence-electron chi connectivity index (χ2n) is 5.60. The average molecular weight is 285 g/mol. The smallest absolute Gasteiger partial charge is 0.229 e. The molecule has 0 aliphatic rings. The van der Waals surface area contributed by atoms with Crippen molar-refractivity contribution in [1.82, 2.24) is 14.9 Å². The van der Waals surface area contributed by atoms with E-state index < -0.39 is 0 Å². The Balaban J connectivity index is 2.12. The lowest BCUT2D eigenvalue weighted by Gasteiger charge is -2.12. The topological polar surface area (TPSA) is 67.1 Å². The lowest BCUT2D eigenvalue weighted by molar-refractivity contribution is 0.413. The summed E-state index contributed by atoms with van der Waals surface area (Å²) >= 11 is 0. The van der Waals surface area contributed by atoms with Crippen molar-refractivity contribution in [2.45, 2.75) is 20.3 Å². The Morgan fingerprint density at radius 1 is 1.24 bits per heavy atom. The van der Waals surface area contributed by atoms with E-state index in [9.17, 15) is 0 Å². The average Bonchev–Trinajstić information content (AvgIpc) is 2.41. The molecule has 2 aromatic rings. The predicted octanol–water partition coefficient (Wildman–Crippen LogP) is 2.52. The number of nitrogens with two attached hydrogens (primary N) is 1. The van der Waals surface area contributed by atoms with Gasteiger partial charge < -0.3 is 16.0 Å². The van der Waals surface area contributed by atoms with Gasteiger partial charge in [0.1, 0.15) is 5.82 Å². The zero-order chi connectivity index (χ0) is 15.4. The molecule has 0 atom stereocenters. The summed E-state index contributed by atoms with van der Waals surface area (Å²) < 4.78 is 0. The molecule has 1 aromatic heterocycles. The highest BCUT2D eigenvalue weighted by Gasteiger charge is 2.06. The lowest BCUT2D eigenvalue weighted by Crippen LogP contribution is -2.16. The number of nitrogens with zero attached hydrogens (tertiary/aromatic N) is 3. The van der Waals surface area contributed by atoms with Gasteiger partial charge >= 0.3 is 0 Å².